The minimum atomic E-state index is -4.49. The molecule has 3 heterocycles. The van der Waals surface area contributed by atoms with Crippen molar-refractivity contribution in [1.82, 2.24) is 24.8 Å². The quantitative estimate of drug-likeness (QED) is 0.563. The van der Waals surface area contributed by atoms with Crippen LogP contribution in [0.2, 0.25) is 0 Å². The van der Waals surface area contributed by atoms with E-state index in [1.807, 2.05) is 11.4 Å². The van der Waals surface area contributed by atoms with E-state index in [1.54, 1.807) is 57.0 Å². The number of amides is 2. The Kier molecular flexibility index (Phi) is 6.89. The van der Waals surface area contributed by atoms with Crippen LogP contribution >= 0.6 is 0 Å². The van der Waals surface area contributed by atoms with Gasteiger partial charge in [0.1, 0.15) is 18.2 Å². The summed E-state index contributed by atoms with van der Waals surface area (Å²) in [5.41, 5.74) is 2.16. The Bertz CT molecular complexity index is 1160. The summed E-state index contributed by atoms with van der Waals surface area (Å²) in [6, 6.07) is 4.40. The molecule has 0 radical (unpaired) electrons. The molecule has 0 aliphatic heterocycles. The molecule has 3 aromatic rings. The van der Waals surface area contributed by atoms with Crippen LogP contribution in [-0.4, -0.2) is 64.1 Å². The SMILES string of the molecule is CC(C)[C@@H](Nc1cncc(-n2ccc3cc(C(=O)N(C)C)cnc32)c1)C(=O)NCC(F)(F)F. The normalized spacial score (nSPS) is 12.6. The highest BCUT2D eigenvalue weighted by molar-refractivity contribution is 5.96. The van der Waals surface area contributed by atoms with Gasteiger partial charge in [-0.25, -0.2) is 4.98 Å². The lowest BCUT2D eigenvalue weighted by Crippen LogP contribution is -2.46. The number of nitrogens with one attached hydrogen (secondary N) is 2. The first kappa shape index (κ1) is 24.0. The number of pyridine rings is 2. The van der Waals surface area contributed by atoms with Crippen LogP contribution in [0.1, 0.15) is 24.2 Å². The van der Waals surface area contributed by atoms with Crippen LogP contribution in [0.3, 0.4) is 0 Å². The second-order valence-corrected chi connectivity index (χ2v) is 8.15. The van der Waals surface area contributed by atoms with Crippen LogP contribution < -0.4 is 10.6 Å². The van der Waals surface area contributed by atoms with E-state index >= 15 is 0 Å². The summed E-state index contributed by atoms with van der Waals surface area (Å²) in [5, 5.41) is 5.65. The molecule has 0 aliphatic carbocycles. The molecule has 0 bridgehead atoms. The molecule has 3 rings (SSSR count). The van der Waals surface area contributed by atoms with E-state index in [4.69, 9.17) is 0 Å². The average Bonchev–Trinajstić information content (AvgIpc) is 3.18. The highest BCUT2D eigenvalue weighted by atomic mass is 19.4. The van der Waals surface area contributed by atoms with Crippen LogP contribution in [0.15, 0.2) is 43.0 Å². The molecule has 0 spiro atoms. The maximum Gasteiger partial charge on any atom is 0.405 e. The lowest BCUT2D eigenvalue weighted by Gasteiger charge is -2.23. The van der Waals surface area contributed by atoms with Crippen molar-refractivity contribution in [3.63, 3.8) is 0 Å². The number of carbonyl (C=O) groups is 2. The van der Waals surface area contributed by atoms with Crippen LogP contribution in [0.5, 0.6) is 0 Å². The minimum absolute atomic E-state index is 0.159. The number of halogens is 3. The third kappa shape index (κ3) is 5.79. The monoisotopic (exact) mass is 462 g/mol. The number of aromatic nitrogens is 3. The largest absolute Gasteiger partial charge is 0.405 e. The number of nitrogens with zero attached hydrogens (tertiary/aromatic N) is 4. The zero-order chi connectivity index (χ0) is 24.3. The van der Waals surface area contributed by atoms with Crippen molar-refractivity contribution in [3.8, 4) is 5.69 Å². The first-order valence-electron chi connectivity index (χ1n) is 10.2. The smallest absolute Gasteiger partial charge is 0.372 e. The number of fused-ring (bicyclic) bond motifs is 1. The molecular weight excluding hydrogens is 437 g/mol. The van der Waals surface area contributed by atoms with Crippen LogP contribution in [0, 0.1) is 5.92 Å². The van der Waals surface area contributed by atoms with Crippen molar-refractivity contribution >= 4 is 28.5 Å². The van der Waals surface area contributed by atoms with Gasteiger partial charge in [-0.3, -0.25) is 19.1 Å². The number of anilines is 1. The van der Waals surface area contributed by atoms with Gasteiger partial charge < -0.3 is 15.5 Å². The molecule has 0 aromatic carbocycles. The molecule has 8 nitrogen and oxygen atoms in total. The average molecular weight is 462 g/mol. The van der Waals surface area contributed by atoms with Crippen molar-refractivity contribution in [2.24, 2.45) is 5.92 Å². The van der Waals surface area contributed by atoms with Crippen molar-refractivity contribution < 1.29 is 22.8 Å². The molecule has 0 unspecified atom stereocenters. The second-order valence-electron chi connectivity index (χ2n) is 8.15. The fourth-order valence-electron chi connectivity index (χ4n) is 3.26. The Balaban J connectivity index is 1.85. The van der Waals surface area contributed by atoms with Gasteiger partial charge in [-0.15, -0.1) is 0 Å². The van der Waals surface area contributed by atoms with Gasteiger partial charge in [0, 0.05) is 31.9 Å². The van der Waals surface area contributed by atoms with Gasteiger partial charge in [-0.2, -0.15) is 13.2 Å². The number of carbonyl (C=O) groups excluding carboxylic acids is 2. The Morgan fingerprint density at radius 1 is 1.15 bits per heavy atom. The summed E-state index contributed by atoms with van der Waals surface area (Å²) < 4.78 is 39.2. The predicted octanol–water partition coefficient (Wildman–Crippen LogP) is 3.24. The van der Waals surface area contributed by atoms with Crippen molar-refractivity contribution in [1.29, 1.82) is 0 Å². The van der Waals surface area contributed by atoms with Gasteiger partial charge in [0.2, 0.25) is 5.91 Å². The lowest BCUT2D eigenvalue weighted by molar-refractivity contribution is -0.139. The maximum atomic E-state index is 12.5. The first-order valence-corrected chi connectivity index (χ1v) is 10.2. The summed E-state index contributed by atoms with van der Waals surface area (Å²) in [4.78, 5) is 34.6. The van der Waals surface area contributed by atoms with E-state index in [1.165, 1.54) is 17.3 Å². The summed E-state index contributed by atoms with van der Waals surface area (Å²) in [7, 11) is 3.32. The van der Waals surface area contributed by atoms with Crippen LogP contribution in [0.4, 0.5) is 18.9 Å². The van der Waals surface area contributed by atoms with E-state index in [0.717, 1.165) is 5.39 Å². The topological polar surface area (TPSA) is 92.2 Å². The second kappa shape index (κ2) is 9.47. The Morgan fingerprint density at radius 3 is 2.52 bits per heavy atom. The van der Waals surface area contributed by atoms with Crippen molar-refractivity contribution in [3.05, 3.63) is 48.5 Å². The van der Waals surface area contributed by atoms with E-state index in [2.05, 4.69) is 15.3 Å². The van der Waals surface area contributed by atoms with Gasteiger partial charge >= 0.3 is 6.18 Å². The Hall–Kier alpha value is -3.63. The summed E-state index contributed by atoms with van der Waals surface area (Å²) in [6.07, 6.45) is 1.87. The van der Waals surface area contributed by atoms with Crippen LogP contribution in [-0.2, 0) is 4.79 Å². The molecular formula is C22H25F3N6O2. The summed E-state index contributed by atoms with van der Waals surface area (Å²) in [6.45, 7) is 2.07. The first-order chi connectivity index (χ1) is 15.5. The van der Waals surface area contributed by atoms with Gasteiger partial charge in [-0.05, 0) is 24.1 Å². The zero-order valence-corrected chi connectivity index (χ0v) is 18.6. The zero-order valence-electron chi connectivity index (χ0n) is 18.6. The molecule has 2 amide bonds. The molecule has 0 saturated heterocycles. The van der Waals surface area contributed by atoms with Crippen molar-refractivity contribution in [2.45, 2.75) is 26.1 Å². The number of hydrogen-bond acceptors (Lipinski definition) is 5. The lowest BCUT2D eigenvalue weighted by atomic mass is 10.0. The molecule has 0 fully saturated rings. The van der Waals surface area contributed by atoms with E-state index in [0.29, 0.717) is 22.6 Å². The van der Waals surface area contributed by atoms with E-state index < -0.39 is 24.7 Å². The van der Waals surface area contributed by atoms with Crippen LogP contribution in [0.25, 0.3) is 16.7 Å². The summed E-state index contributed by atoms with van der Waals surface area (Å²) in [5.74, 6) is -1.18. The third-order valence-corrected chi connectivity index (χ3v) is 4.92. The van der Waals surface area contributed by atoms with Crippen molar-refractivity contribution in [2.75, 3.05) is 26.0 Å². The van der Waals surface area contributed by atoms with E-state index in [9.17, 15) is 22.8 Å². The standard InChI is InChI=1S/C22H25F3N6O2/c1-13(2)18(20(32)28-12-22(23,24)25)29-16-8-17(11-26-10-16)31-6-5-14-7-15(9-27-19(14)31)21(33)30(3)4/h5-11,13,18,29H,12H2,1-4H3,(H,28,32)/t18-/m1/s1. The van der Waals surface area contributed by atoms with Gasteiger partial charge in [0.15, 0.2) is 0 Å². The predicted molar refractivity (Wildman–Crippen MR) is 118 cm³/mol. The molecule has 3 aromatic heterocycles. The molecule has 0 aliphatic rings. The highest BCUT2D eigenvalue weighted by Gasteiger charge is 2.30. The molecule has 0 saturated carbocycles. The highest BCUT2D eigenvalue weighted by Crippen LogP contribution is 2.22. The third-order valence-electron chi connectivity index (χ3n) is 4.92. The summed E-state index contributed by atoms with van der Waals surface area (Å²) >= 11 is 0. The van der Waals surface area contributed by atoms with E-state index in [-0.39, 0.29) is 11.8 Å². The van der Waals surface area contributed by atoms with Gasteiger partial charge in [0.25, 0.3) is 5.91 Å². The molecule has 176 valence electrons. The fourth-order valence-corrected chi connectivity index (χ4v) is 3.26. The number of hydrogen-bond donors (Lipinski definition) is 2. The molecule has 2 N–H and O–H groups in total. The van der Waals surface area contributed by atoms with Gasteiger partial charge in [0.05, 0.1) is 29.3 Å². The Labute approximate surface area is 188 Å². The maximum absolute atomic E-state index is 12.5. The van der Waals surface area contributed by atoms with Gasteiger partial charge in [-0.1, -0.05) is 13.8 Å². The molecule has 1 atom stereocenters. The Morgan fingerprint density at radius 2 is 1.88 bits per heavy atom. The number of rotatable bonds is 7. The molecule has 33 heavy (non-hydrogen) atoms. The number of alkyl halides is 3. The minimum Gasteiger partial charge on any atom is -0.372 e. The molecule has 11 heteroatoms. The fraction of sp³-hybridized carbons (Fsp3) is 0.364.